The summed E-state index contributed by atoms with van der Waals surface area (Å²) in [4.78, 5) is 12.5. The van der Waals surface area contributed by atoms with Crippen molar-refractivity contribution in [2.75, 3.05) is 14.1 Å². The normalized spacial score (nSPS) is 11.3. The number of thiophene rings is 1. The molecule has 0 bridgehead atoms. The lowest BCUT2D eigenvalue weighted by atomic mass is 10.1. The topological polar surface area (TPSA) is 77.2 Å². The molecule has 0 fully saturated rings. The molecular formula is C23H19N5O2S. The van der Waals surface area contributed by atoms with E-state index in [1.54, 1.807) is 11.3 Å². The molecule has 0 atom stereocenters. The van der Waals surface area contributed by atoms with Crippen LogP contribution in [0, 0.1) is 0 Å². The third-order valence-electron chi connectivity index (χ3n) is 4.64. The fourth-order valence-corrected chi connectivity index (χ4v) is 4.27. The van der Waals surface area contributed by atoms with Gasteiger partial charge in [-0.25, -0.2) is 4.98 Å². The number of nitrogens with zero attached hydrogens (tertiary/aromatic N) is 5. The zero-order chi connectivity index (χ0) is 21.2. The van der Waals surface area contributed by atoms with E-state index in [4.69, 9.17) is 19.1 Å². The number of rotatable bonds is 6. The Bertz CT molecular complexity index is 1320. The summed E-state index contributed by atoms with van der Waals surface area (Å²) >= 11 is 1.59. The van der Waals surface area contributed by atoms with Crippen LogP contribution in [0.3, 0.4) is 0 Å². The molecule has 0 saturated carbocycles. The molecule has 154 valence electrons. The summed E-state index contributed by atoms with van der Waals surface area (Å²) in [5.74, 6) is 2.32. The monoisotopic (exact) mass is 429 g/mol. The molecule has 0 N–H and O–H groups in total. The Balaban J connectivity index is 1.62. The zero-order valence-corrected chi connectivity index (χ0v) is 17.8. The van der Waals surface area contributed by atoms with Crippen molar-refractivity contribution in [1.29, 1.82) is 0 Å². The van der Waals surface area contributed by atoms with Crippen molar-refractivity contribution in [3.8, 4) is 34.2 Å². The average molecular weight is 430 g/mol. The van der Waals surface area contributed by atoms with Gasteiger partial charge >= 0.3 is 0 Å². The molecule has 3 heterocycles. The highest BCUT2D eigenvalue weighted by atomic mass is 32.1. The minimum Gasteiger partial charge on any atom is -0.438 e. The van der Waals surface area contributed by atoms with Crippen molar-refractivity contribution in [1.82, 2.24) is 25.1 Å². The van der Waals surface area contributed by atoms with Gasteiger partial charge in [0.2, 0.25) is 18.2 Å². The molecule has 3 aromatic heterocycles. The molecule has 31 heavy (non-hydrogen) atoms. The summed E-state index contributed by atoms with van der Waals surface area (Å²) in [5.41, 5.74) is 2.93. The third kappa shape index (κ3) is 4.03. The first kappa shape index (κ1) is 19.3. The van der Waals surface area contributed by atoms with Crippen molar-refractivity contribution in [2.24, 2.45) is 0 Å². The second kappa shape index (κ2) is 8.25. The van der Waals surface area contributed by atoms with E-state index in [1.807, 2.05) is 61.5 Å². The lowest BCUT2D eigenvalue weighted by Gasteiger charge is -2.12. The number of benzene rings is 2. The molecule has 2 aromatic carbocycles. The maximum atomic E-state index is 6.32. The Kier molecular flexibility index (Phi) is 5.15. The second-order valence-electron chi connectivity index (χ2n) is 7.25. The lowest BCUT2D eigenvalue weighted by molar-refractivity contribution is 0.385. The van der Waals surface area contributed by atoms with E-state index in [9.17, 15) is 0 Å². The minimum absolute atomic E-state index is 0.437. The highest BCUT2D eigenvalue weighted by Gasteiger charge is 2.18. The average Bonchev–Trinajstić information content (AvgIpc) is 3.45. The van der Waals surface area contributed by atoms with Gasteiger partial charge in [-0.2, -0.15) is 4.98 Å². The van der Waals surface area contributed by atoms with Crippen LogP contribution in [0.1, 0.15) is 5.82 Å². The molecule has 0 aliphatic heterocycles. The molecule has 0 amide bonds. The molecule has 0 aliphatic carbocycles. The van der Waals surface area contributed by atoms with E-state index < -0.39 is 0 Å². The molecule has 0 spiro atoms. The maximum Gasteiger partial charge on any atom is 0.247 e. The molecule has 8 heteroatoms. The number of aromatic nitrogens is 4. The van der Waals surface area contributed by atoms with Crippen molar-refractivity contribution < 1.29 is 9.15 Å². The summed E-state index contributed by atoms with van der Waals surface area (Å²) in [7, 11) is 3.98. The zero-order valence-electron chi connectivity index (χ0n) is 17.0. The summed E-state index contributed by atoms with van der Waals surface area (Å²) < 4.78 is 11.6. The first-order valence-corrected chi connectivity index (χ1v) is 10.6. The Morgan fingerprint density at radius 3 is 2.61 bits per heavy atom. The second-order valence-corrected chi connectivity index (χ2v) is 8.11. The number of ether oxygens (including phenoxy) is 1. The maximum absolute atomic E-state index is 6.32. The van der Waals surface area contributed by atoms with Crippen LogP contribution in [-0.2, 0) is 6.54 Å². The summed E-state index contributed by atoms with van der Waals surface area (Å²) in [5, 5.41) is 10.7. The summed E-state index contributed by atoms with van der Waals surface area (Å²) in [6.45, 7) is 0.618. The van der Waals surface area contributed by atoms with Crippen molar-refractivity contribution in [2.45, 2.75) is 6.54 Å². The van der Waals surface area contributed by atoms with Gasteiger partial charge in [-0.05, 0) is 37.9 Å². The fourth-order valence-electron chi connectivity index (χ4n) is 3.31. The standard InChI is InChI=1S/C23H19N5O2S/c1-28(2)12-19-25-22(30-17-10-6-9-16(11-17)21-27-24-14-29-21)20-18(13-31-23(20)26-19)15-7-4-3-5-8-15/h3-11,13-14H,12H2,1-2H3. The molecular weight excluding hydrogens is 410 g/mol. The summed E-state index contributed by atoms with van der Waals surface area (Å²) in [6.07, 6.45) is 1.31. The van der Waals surface area contributed by atoms with Crippen LogP contribution < -0.4 is 4.74 Å². The van der Waals surface area contributed by atoms with Crippen molar-refractivity contribution in [3.05, 3.63) is 72.2 Å². The van der Waals surface area contributed by atoms with Crippen LogP contribution in [0.2, 0.25) is 0 Å². The van der Waals surface area contributed by atoms with E-state index in [0.717, 1.165) is 26.9 Å². The Hall–Kier alpha value is -3.62. The Morgan fingerprint density at radius 1 is 1.00 bits per heavy atom. The molecule has 5 rings (SSSR count). The first-order valence-electron chi connectivity index (χ1n) is 9.70. The largest absolute Gasteiger partial charge is 0.438 e. The van der Waals surface area contributed by atoms with Gasteiger partial charge < -0.3 is 14.1 Å². The highest BCUT2D eigenvalue weighted by molar-refractivity contribution is 7.17. The smallest absolute Gasteiger partial charge is 0.247 e. The molecule has 0 aliphatic rings. The molecule has 0 unspecified atom stereocenters. The number of hydrogen-bond donors (Lipinski definition) is 0. The van der Waals surface area contributed by atoms with Crippen molar-refractivity contribution in [3.63, 3.8) is 0 Å². The first-order chi connectivity index (χ1) is 15.2. The van der Waals surface area contributed by atoms with Gasteiger partial charge in [0.05, 0.1) is 11.9 Å². The fraction of sp³-hybridized carbons (Fsp3) is 0.130. The third-order valence-corrected chi connectivity index (χ3v) is 5.52. The number of hydrogen-bond acceptors (Lipinski definition) is 8. The quantitative estimate of drug-likeness (QED) is 0.364. The molecule has 7 nitrogen and oxygen atoms in total. The predicted molar refractivity (Wildman–Crippen MR) is 120 cm³/mol. The molecule has 5 aromatic rings. The predicted octanol–water partition coefficient (Wildman–Crippen LogP) is 5.26. The van der Waals surface area contributed by atoms with E-state index in [1.165, 1.54) is 6.39 Å². The van der Waals surface area contributed by atoms with Crippen molar-refractivity contribution >= 4 is 21.6 Å². The Labute approximate surface area is 183 Å². The molecule has 0 saturated heterocycles. The number of fused-ring (bicyclic) bond motifs is 1. The highest BCUT2D eigenvalue weighted by Crippen LogP contribution is 2.40. The van der Waals surface area contributed by atoms with Gasteiger partial charge in [0.1, 0.15) is 16.4 Å². The lowest BCUT2D eigenvalue weighted by Crippen LogP contribution is -2.13. The van der Waals surface area contributed by atoms with E-state index in [0.29, 0.717) is 29.9 Å². The van der Waals surface area contributed by atoms with Gasteiger partial charge in [0.25, 0.3) is 0 Å². The van der Waals surface area contributed by atoms with Crippen LogP contribution >= 0.6 is 11.3 Å². The van der Waals surface area contributed by atoms with Crippen LogP contribution in [0.5, 0.6) is 11.6 Å². The van der Waals surface area contributed by atoms with Gasteiger partial charge in [-0.1, -0.05) is 36.4 Å². The molecule has 0 radical (unpaired) electrons. The van der Waals surface area contributed by atoms with Crippen LogP contribution in [0.25, 0.3) is 32.8 Å². The minimum atomic E-state index is 0.437. The Morgan fingerprint density at radius 2 is 1.84 bits per heavy atom. The van der Waals surface area contributed by atoms with Crippen LogP contribution in [-0.4, -0.2) is 39.2 Å². The van der Waals surface area contributed by atoms with Gasteiger partial charge in [0.15, 0.2) is 0 Å². The van der Waals surface area contributed by atoms with E-state index in [2.05, 4.69) is 27.7 Å². The van der Waals surface area contributed by atoms with E-state index in [-0.39, 0.29) is 0 Å². The van der Waals surface area contributed by atoms with Crippen LogP contribution in [0.15, 0.2) is 70.8 Å². The van der Waals surface area contributed by atoms with Gasteiger partial charge in [0, 0.05) is 16.5 Å². The SMILES string of the molecule is CN(C)Cc1nc(Oc2cccc(-c3nnco3)c2)c2c(-c3ccccc3)csc2n1. The van der Waals surface area contributed by atoms with Gasteiger partial charge in [-0.15, -0.1) is 21.5 Å². The van der Waals surface area contributed by atoms with Gasteiger partial charge in [-0.3, -0.25) is 0 Å². The van der Waals surface area contributed by atoms with E-state index >= 15 is 0 Å². The summed E-state index contributed by atoms with van der Waals surface area (Å²) in [6, 6.07) is 17.7. The van der Waals surface area contributed by atoms with Crippen LogP contribution in [0.4, 0.5) is 0 Å².